The first-order chi connectivity index (χ1) is 8.09. The number of ketones is 1. The fourth-order valence-electron chi connectivity index (χ4n) is 1.58. The lowest BCUT2D eigenvalue weighted by Crippen LogP contribution is -2.10. The van der Waals surface area contributed by atoms with Crippen LogP contribution in [-0.2, 0) is 13.5 Å². The van der Waals surface area contributed by atoms with Crippen molar-refractivity contribution in [2.24, 2.45) is 7.05 Å². The van der Waals surface area contributed by atoms with Gasteiger partial charge < -0.3 is 4.57 Å². The lowest BCUT2D eigenvalue weighted by molar-refractivity contribution is 0.0982. The fourth-order valence-corrected chi connectivity index (χ4v) is 1.58. The van der Waals surface area contributed by atoms with E-state index in [1.54, 1.807) is 7.05 Å². The van der Waals surface area contributed by atoms with Crippen LogP contribution in [0.4, 0.5) is 8.78 Å². The summed E-state index contributed by atoms with van der Waals surface area (Å²) in [6.45, 7) is 0. The summed E-state index contributed by atoms with van der Waals surface area (Å²) in [5.41, 5.74) is 0.117. The van der Waals surface area contributed by atoms with E-state index in [2.05, 4.69) is 4.98 Å². The van der Waals surface area contributed by atoms with E-state index in [9.17, 15) is 13.6 Å². The number of aryl methyl sites for hydroxylation is 1. The molecule has 17 heavy (non-hydrogen) atoms. The first-order valence-corrected chi connectivity index (χ1v) is 5.02. The largest absolute Gasteiger partial charge is 0.331 e. The highest BCUT2D eigenvalue weighted by Gasteiger charge is 2.16. The molecule has 0 unspecified atom stereocenters. The summed E-state index contributed by atoms with van der Waals surface area (Å²) in [6.07, 6.45) is 2.53. The van der Waals surface area contributed by atoms with E-state index >= 15 is 0 Å². The number of imidazole rings is 1. The van der Waals surface area contributed by atoms with Gasteiger partial charge in [0, 0.05) is 19.0 Å². The second-order valence-electron chi connectivity index (χ2n) is 3.69. The van der Waals surface area contributed by atoms with Gasteiger partial charge >= 0.3 is 0 Å². The van der Waals surface area contributed by atoms with Gasteiger partial charge in [0.25, 0.3) is 0 Å². The molecule has 88 valence electrons. The quantitative estimate of drug-likeness (QED) is 0.765. The highest BCUT2D eigenvalue weighted by Crippen LogP contribution is 2.14. The Morgan fingerprint density at radius 2 is 2.00 bits per heavy atom. The molecule has 0 bridgehead atoms. The predicted octanol–water partition coefficient (Wildman–Crippen LogP) is 2.12. The van der Waals surface area contributed by atoms with E-state index in [1.807, 2.05) is 0 Å². The van der Waals surface area contributed by atoms with Gasteiger partial charge in [-0.15, -0.1) is 0 Å². The van der Waals surface area contributed by atoms with Crippen molar-refractivity contribution in [3.8, 4) is 0 Å². The number of aromatic nitrogens is 2. The Kier molecular flexibility index (Phi) is 2.99. The minimum absolute atomic E-state index is 0.210. The van der Waals surface area contributed by atoms with Crippen LogP contribution >= 0.6 is 0 Å². The molecule has 1 aromatic heterocycles. The number of carbonyl (C=O) groups excluding carboxylic acids is 1. The molecular weight excluding hydrogens is 226 g/mol. The van der Waals surface area contributed by atoms with Crippen molar-refractivity contribution >= 4 is 5.78 Å². The highest BCUT2D eigenvalue weighted by molar-refractivity contribution is 5.95. The SMILES string of the molecule is Cn1cncc1C(=O)Cc1c(F)cccc1F. The number of benzene rings is 1. The Balaban J connectivity index is 2.28. The van der Waals surface area contributed by atoms with Gasteiger partial charge in [-0.1, -0.05) is 6.07 Å². The Bertz CT molecular complexity index is 543. The molecule has 0 saturated carbocycles. The number of hydrogen-bond donors (Lipinski definition) is 0. The molecular formula is C12H10F2N2O. The summed E-state index contributed by atoms with van der Waals surface area (Å²) in [7, 11) is 1.65. The zero-order valence-electron chi connectivity index (χ0n) is 9.15. The van der Waals surface area contributed by atoms with Crippen LogP contribution in [-0.4, -0.2) is 15.3 Å². The summed E-state index contributed by atoms with van der Waals surface area (Å²) in [5.74, 6) is -1.78. The standard InChI is InChI=1S/C12H10F2N2O/c1-16-7-15-6-11(16)12(17)5-8-9(13)3-2-4-10(8)14/h2-4,6-7H,5H2,1H3. The van der Waals surface area contributed by atoms with Crippen LogP contribution in [0, 0.1) is 11.6 Å². The molecule has 0 aliphatic rings. The Morgan fingerprint density at radius 1 is 1.35 bits per heavy atom. The molecule has 1 aromatic carbocycles. The van der Waals surface area contributed by atoms with Crippen LogP contribution in [0.1, 0.15) is 16.1 Å². The summed E-state index contributed by atoms with van der Waals surface area (Å²) in [4.78, 5) is 15.6. The maximum absolute atomic E-state index is 13.3. The van der Waals surface area contributed by atoms with Crippen molar-refractivity contribution in [2.45, 2.75) is 6.42 Å². The molecule has 0 saturated heterocycles. The summed E-state index contributed by atoms with van der Waals surface area (Å²) in [5, 5.41) is 0. The van der Waals surface area contributed by atoms with Crippen molar-refractivity contribution in [1.82, 2.24) is 9.55 Å². The minimum atomic E-state index is -0.708. The van der Waals surface area contributed by atoms with Gasteiger partial charge in [-0.3, -0.25) is 4.79 Å². The van der Waals surface area contributed by atoms with Crippen LogP contribution in [0.15, 0.2) is 30.7 Å². The van der Waals surface area contributed by atoms with Crippen LogP contribution in [0.3, 0.4) is 0 Å². The van der Waals surface area contributed by atoms with E-state index in [0.717, 1.165) is 12.1 Å². The third kappa shape index (κ3) is 2.22. The topological polar surface area (TPSA) is 34.9 Å². The summed E-state index contributed by atoms with van der Waals surface area (Å²) in [6, 6.07) is 3.53. The number of carbonyl (C=O) groups is 1. The number of nitrogens with zero attached hydrogens (tertiary/aromatic N) is 2. The highest BCUT2D eigenvalue weighted by atomic mass is 19.1. The van der Waals surface area contributed by atoms with E-state index in [0.29, 0.717) is 5.69 Å². The van der Waals surface area contributed by atoms with Gasteiger partial charge in [0.05, 0.1) is 12.5 Å². The lowest BCUT2D eigenvalue weighted by atomic mass is 10.1. The first-order valence-electron chi connectivity index (χ1n) is 5.02. The summed E-state index contributed by atoms with van der Waals surface area (Å²) >= 11 is 0. The van der Waals surface area contributed by atoms with Crippen molar-refractivity contribution in [3.05, 3.63) is 53.6 Å². The molecule has 0 fully saturated rings. The normalized spacial score (nSPS) is 10.5. The number of hydrogen-bond acceptors (Lipinski definition) is 2. The average molecular weight is 236 g/mol. The van der Waals surface area contributed by atoms with Gasteiger partial charge in [0.2, 0.25) is 0 Å². The maximum atomic E-state index is 13.3. The average Bonchev–Trinajstić information content (AvgIpc) is 2.70. The minimum Gasteiger partial charge on any atom is -0.331 e. The predicted molar refractivity (Wildman–Crippen MR) is 57.6 cm³/mol. The molecule has 3 nitrogen and oxygen atoms in total. The molecule has 1 heterocycles. The van der Waals surface area contributed by atoms with E-state index < -0.39 is 11.6 Å². The molecule has 0 aliphatic carbocycles. The Morgan fingerprint density at radius 3 is 2.53 bits per heavy atom. The maximum Gasteiger partial charge on any atom is 0.185 e. The number of halogens is 2. The van der Waals surface area contributed by atoms with Gasteiger partial charge in [-0.2, -0.15) is 0 Å². The summed E-state index contributed by atoms with van der Waals surface area (Å²) < 4.78 is 28.2. The zero-order chi connectivity index (χ0) is 12.4. The lowest BCUT2D eigenvalue weighted by Gasteiger charge is -2.04. The van der Waals surface area contributed by atoms with Crippen molar-refractivity contribution in [1.29, 1.82) is 0 Å². The molecule has 5 heteroatoms. The zero-order valence-corrected chi connectivity index (χ0v) is 9.15. The van der Waals surface area contributed by atoms with E-state index in [1.165, 1.54) is 23.2 Å². The van der Waals surface area contributed by atoms with Crippen LogP contribution in [0.25, 0.3) is 0 Å². The third-order valence-corrected chi connectivity index (χ3v) is 2.50. The molecule has 2 rings (SSSR count). The molecule has 0 N–H and O–H groups in total. The second kappa shape index (κ2) is 4.45. The van der Waals surface area contributed by atoms with E-state index in [4.69, 9.17) is 0 Å². The molecule has 0 radical (unpaired) electrons. The molecule has 0 spiro atoms. The number of Topliss-reactive ketones (excluding diaryl/α,β-unsaturated/α-hetero) is 1. The Hall–Kier alpha value is -2.04. The van der Waals surface area contributed by atoms with Crippen molar-refractivity contribution < 1.29 is 13.6 Å². The van der Waals surface area contributed by atoms with Crippen LogP contribution in [0.2, 0.25) is 0 Å². The number of rotatable bonds is 3. The molecule has 0 amide bonds. The first kappa shape index (κ1) is 11.4. The van der Waals surface area contributed by atoms with Gasteiger partial charge in [-0.05, 0) is 12.1 Å². The smallest absolute Gasteiger partial charge is 0.185 e. The molecule has 0 aliphatic heterocycles. The van der Waals surface area contributed by atoms with Gasteiger partial charge in [0.15, 0.2) is 5.78 Å². The Labute approximate surface area is 96.7 Å². The monoisotopic (exact) mass is 236 g/mol. The van der Waals surface area contributed by atoms with Crippen LogP contribution in [0.5, 0.6) is 0 Å². The van der Waals surface area contributed by atoms with E-state index in [-0.39, 0.29) is 17.8 Å². The third-order valence-electron chi connectivity index (χ3n) is 2.50. The van der Waals surface area contributed by atoms with Crippen LogP contribution < -0.4 is 0 Å². The molecule has 2 aromatic rings. The molecule has 0 atom stereocenters. The van der Waals surface area contributed by atoms with Crippen molar-refractivity contribution in [2.75, 3.05) is 0 Å². The van der Waals surface area contributed by atoms with Gasteiger partial charge in [0.1, 0.15) is 17.3 Å². The second-order valence-corrected chi connectivity index (χ2v) is 3.69. The van der Waals surface area contributed by atoms with Gasteiger partial charge in [-0.25, -0.2) is 13.8 Å². The van der Waals surface area contributed by atoms with Crippen molar-refractivity contribution in [3.63, 3.8) is 0 Å². The fraction of sp³-hybridized carbons (Fsp3) is 0.167.